The quantitative estimate of drug-likeness (QED) is 0.490. The van der Waals surface area contributed by atoms with Crippen LogP contribution in [0.1, 0.15) is 13.3 Å². The lowest BCUT2D eigenvalue weighted by Crippen LogP contribution is -2.22. The minimum Gasteiger partial charge on any atom is -0.383 e. The standard InChI is InChI=1S/C21H22ClN5O/c1-15(28)24-8-3-9-25-20-14-23-10-7-19(20)16-6-11-26-21(12-16)27-18-5-2-4-17(22)13-18/h2,4-7,10-14,25H,3,8-9H2,1H3,(H,24,28)(H,26,27). The summed E-state index contributed by atoms with van der Waals surface area (Å²) < 4.78 is 0. The van der Waals surface area contributed by atoms with Gasteiger partial charge in [0.05, 0.1) is 11.9 Å². The molecule has 0 radical (unpaired) electrons. The summed E-state index contributed by atoms with van der Waals surface area (Å²) >= 11 is 6.05. The molecule has 0 bridgehead atoms. The van der Waals surface area contributed by atoms with Crippen molar-refractivity contribution in [2.75, 3.05) is 23.7 Å². The number of nitrogens with zero attached hydrogens (tertiary/aromatic N) is 2. The Bertz CT molecular complexity index is 947. The van der Waals surface area contributed by atoms with E-state index in [1.165, 1.54) is 6.92 Å². The molecule has 7 heteroatoms. The molecule has 1 aromatic carbocycles. The Morgan fingerprint density at radius 2 is 2.00 bits per heavy atom. The number of anilines is 3. The number of pyridine rings is 2. The second kappa shape index (κ2) is 9.71. The fraction of sp³-hybridized carbons (Fsp3) is 0.190. The van der Waals surface area contributed by atoms with E-state index < -0.39 is 0 Å². The molecule has 3 N–H and O–H groups in total. The number of amides is 1. The van der Waals surface area contributed by atoms with Gasteiger partial charge in [0.25, 0.3) is 0 Å². The number of halogens is 1. The Labute approximate surface area is 169 Å². The summed E-state index contributed by atoms with van der Waals surface area (Å²) in [6, 6.07) is 13.4. The topological polar surface area (TPSA) is 78.9 Å². The maximum atomic E-state index is 10.9. The van der Waals surface area contributed by atoms with Crippen molar-refractivity contribution >= 4 is 34.7 Å². The lowest BCUT2D eigenvalue weighted by atomic mass is 10.1. The van der Waals surface area contributed by atoms with E-state index in [4.69, 9.17) is 11.6 Å². The Kier molecular flexibility index (Phi) is 6.81. The maximum Gasteiger partial charge on any atom is 0.216 e. The van der Waals surface area contributed by atoms with Gasteiger partial charge in [-0.2, -0.15) is 0 Å². The highest BCUT2D eigenvalue weighted by atomic mass is 35.5. The van der Waals surface area contributed by atoms with Gasteiger partial charge in [0.15, 0.2) is 0 Å². The Morgan fingerprint density at radius 3 is 2.82 bits per heavy atom. The first kappa shape index (κ1) is 19.6. The third-order valence-electron chi connectivity index (χ3n) is 4.03. The summed E-state index contributed by atoms with van der Waals surface area (Å²) in [7, 11) is 0. The summed E-state index contributed by atoms with van der Waals surface area (Å²) in [6.07, 6.45) is 6.16. The van der Waals surface area contributed by atoms with Gasteiger partial charge in [-0.05, 0) is 48.4 Å². The zero-order valence-electron chi connectivity index (χ0n) is 15.6. The van der Waals surface area contributed by atoms with E-state index in [0.29, 0.717) is 11.6 Å². The Morgan fingerprint density at radius 1 is 1.11 bits per heavy atom. The summed E-state index contributed by atoms with van der Waals surface area (Å²) in [4.78, 5) is 19.5. The maximum absolute atomic E-state index is 10.9. The van der Waals surface area contributed by atoms with Crippen molar-refractivity contribution < 1.29 is 4.79 Å². The van der Waals surface area contributed by atoms with Crippen molar-refractivity contribution in [2.24, 2.45) is 0 Å². The summed E-state index contributed by atoms with van der Waals surface area (Å²) in [5, 5.41) is 10.1. The summed E-state index contributed by atoms with van der Waals surface area (Å²) in [5.74, 6) is 0.715. The van der Waals surface area contributed by atoms with Gasteiger partial charge >= 0.3 is 0 Å². The molecule has 0 spiro atoms. The van der Waals surface area contributed by atoms with E-state index in [9.17, 15) is 4.79 Å². The fourth-order valence-electron chi connectivity index (χ4n) is 2.74. The average molecular weight is 396 g/mol. The van der Waals surface area contributed by atoms with Gasteiger partial charge in [0.2, 0.25) is 5.91 Å². The van der Waals surface area contributed by atoms with Crippen LogP contribution in [-0.4, -0.2) is 29.0 Å². The van der Waals surface area contributed by atoms with Crippen molar-refractivity contribution in [3.63, 3.8) is 0 Å². The number of hydrogen-bond donors (Lipinski definition) is 3. The molecule has 0 aliphatic carbocycles. The largest absolute Gasteiger partial charge is 0.383 e. The molecule has 0 fully saturated rings. The average Bonchev–Trinajstić information content (AvgIpc) is 2.68. The number of aromatic nitrogens is 2. The molecule has 0 aliphatic heterocycles. The highest BCUT2D eigenvalue weighted by Gasteiger charge is 2.07. The van der Waals surface area contributed by atoms with Gasteiger partial charge in [0, 0.05) is 48.7 Å². The number of hydrogen-bond acceptors (Lipinski definition) is 5. The van der Waals surface area contributed by atoms with Gasteiger partial charge in [-0.25, -0.2) is 4.98 Å². The molecule has 0 saturated carbocycles. The lowest BCUT2D eigenvalue weighted by Gasteiger charge is -2.13. The van der Waals surface area contributed by atoms with Crippen LogP contribution in [0.4, 0.5) is 17.2 Å². The summed E-state index contributed by atoms with van der Waals surface area (Å²) in [6.45, 7) is 2.89. The van der Waals surface area contributed by atoms with Crippen LogP contribution in [0.15, 0.2) is 61.1 Å². The third-order valence-corrected chi connectivity index (χ3v) is 4.27. The van der Waals surface area contributed by atoms with Crippen LogP contribution in [0.2, 0.25) is 5.02 Å². The SMILES string of the molecule is CC(=O)NCCCNc1cnccc1-c1ccnc(Nc2cccc(Cl)c2)c1. The number of benzene rings is 1. The monoisotopic (exact) mass is 395 g/mol. The van der Waals surface area contributed by atoms with Gasteiger partial charge in [-0.1, -0.05) is 17.7 Å². The smallest absolute Gasteiger partial charge is 0.216 e. The molecule has 0 saturated heterocycles. The van der Waals surface area contributed by atoms with Crippen molar-refractivity contribution in [2.45, 2.75) is 13.3 Å². The molecule has 2 aromatic heterocycles. The molecule has 0 aliphatic rings. The van der Waals surface area contributed by atoms with Crippen LogP contribution in [0.25, 0.3) is 11.1 Å². The van der Waals surface area contributed by atoms with Crippen LogP contribution in [0.5, 0.6) is 0 Å². The molecule has 6 nitrogen and oxygen atoms in total. The highest BCUT2D eigenvalue weighted by Crippen LogP contribution is 2.29. The second-order valence-electron chi connectivity index (χ2n) is 6.25. The number of nitrogens with one attached hydrogen (secondary N) is 3. The van der Waals surface area contributed by atoms with Gasteiger partial charge in [-0.3, -0.25) is 9.78 Å². The molecular weight excluding hydrogens is 374 g/mol. The van der Waals surface area contributed by atoms with E-state index in [0.717, 1.165) is 41.3 Å². The molecule has 144 valence electrons. The molecule has 28 heavy (non-hydrogen) atoms. The number of carbonyl (C=O) groups excluding carboxylic acids is 1. The van der Waals surface area contributed by atoms with Crippen molar-refractivity contribution in [3.05, 3.63) is 66.1 Å². The normalized spacial score (nSPS) is 10.4. The van der Waals surface area contributed by atoms with E-state index >= 15 is 0 Å². The molecule has 2 heterocycles. The lowest BCUT2D eigenvalue weighted by molar-refractivity contribution is -0.118. The molecular formula is C21H22ClN5O. The Balaban J connectivity index is 1.72. The predicted octanol–water partition coefficient (Wildman–Crippen LogP) is 4.48. The molecule has 0 unspecified atom stereocenters. The zero-order chi connectivity index (χ0) is 19.8. The molecule has 3 aromatic rings. The zero-order valence-corrected chi connectivity index (χ0v) is 16.3. The van der Waals surface area contributed by atoms with Crippen molar-refractivity contribution in [1.82, 2.24) is 15.3 Å². The fourth-order valence-corrected chi connectivity index (χ4v) is 2.93. The van der Waals surface area contributed by atoms with E-state index in [1.54, 1.807) is 18.6 Å². The first-order valence-electron chi connectivity index (χ1n) is 9.03. The van der Waals surface area contributed by atoms with Gasteiger partial charge < -0.3 is 16.0 Å². The number of carbonyl (C=O) groups is 1. The number of rotatable bonds is 8. The molecule has 0 atom stereocenters. The highest BCUT2D eigenvalue weighted by molar-refractivity contribution is 6.30. The van der Waals surface area contributed by atoms with Crippen LogP contribution in [0.3, 0.4) is 0 Å². The van der Waals surface area contributed by atoms with Crippen molar-refractivity contribution in [3.8, 4) is 11.1 Å². The van der Waals surface area contributed by atoms with Crippen LogP contribution in [-0.2, 0) is 4.79 Å². The molecule has 1 amide bonds. The van der Waals surface area contributed by atoms with E-state index in [-0.39, 0.29) is 5.91 Å². The van der Waals surface area contributed by atoms with Crippen LogP contribution >= 0.6 is 11.6 Å². The van der Waals surface area contributed by atoms with Crippen LogP contribution in [0, 0.1) is 0 Å². The van der Waals surface area contributed by atoms with E-state index in [2.05, 4.69) is 25.9 Å². The van der Waals surface area contributed by atoms with Gasteiger partial charge in [0.1, 0.15) is 5.82 Å². The molecule has 3 rings (SSSR count). The summed E-state index contributed by atoms with van der Waals surface area (Å²) in [5.41, 5.74) is 3.87. The Hall–Kier alpha value is -3.12. The first-order chi connectivity index (χ1) is 13.6. The minimum absolute atomic E-state index is 0.0152. The van der Waals surface area contributed by atoms with Crippen molar-refractivity contribution in [1.29, 1.82) is 0 Å². The van der Waals surface area contributed by atoms with E-state index in [1.807, 2.05) is 42.5 Å². The minimum atomic E-state index is -0.0152. The van der Waals surface area contributed by atoms with Crippen LogP contribution < -0.4 is 16.0 Å². The second-order valence-corrected chi connectivity index (χ2v) is 6.69. The first-order valence-corrected chi connectivity index (χ1v) is 9.41. The third kappa shape index (κ3) is 5.69. The van der Waals surface area contributed by atoms with Gasteiger partial charge in [-0.15, -0.1) is 0 Å². The predicted molar refractivity (Wildman–Crippen MR) is 114 cm³/mol.